The minimum absolute atomic E-state index is 0.781. The summed E-state index contributed by atoms with van der Waals surface area (Å²) in [7, 11) is 0. The first-order valence-corrected chi connectivity index (χ1v) is 5.64. The summed E-state index contributed by atoms with van der Waals surface area (Å²) in [5.74, 6) is 0. The second-order valence-electron chi connectivity index (χ2n) is 3.29. The average molecular weight is 261 g/mol. The molecular weight excluding hydrogens is 249 g/mol. The van der Waals surface area contributed by atoms with E-state index in [2.05, 4.69) is 33.0 Å². The highest BCUT2D eigenvalue weighted by atomic mass is 79.9. The van der Waals surface area contributed by atoms with Crippen molar-refractivity contribution in [2.75, 3.05) is 18.0 Å². The van der Waals surface area contributed by atoms with Crippen molar-refractivity contribution >= 4 is 33.2 Å². The predicted octanol–water partition coefficient (Wildman–Crippen LogP) is 3.70. The van der Waals surface area contributed by atoms with Gasteiger partial charge in [0.25, 0.3) is 0 Å². The normalized spacial score (nSPS) is 16.6. The third-order valence-corrected chi connectivity index (χ3v) is 3.59. The van der Waals surface area contributed by atoms with Gasteiger partial charge in [-0.05, 0) is 47.0 Å². The van der Waals surface area contributed by atoms with Crippen LogP contribution in [-0.2, 0) is 0 Å². The molecule has 0 saturated carbocycles. The molecule has 0 spiro atoms. The summed E-state index contributed by atoms with van der Waals surface area (Å²) in [6, 6.07) is 6.12. The molecule has 0 amide bonds. The summed E-state index contributed by atoms with van der Waals surface area (Å²) in [5, 5.41) is 0.781. The lowest BCUT2D eigenvalue weighted by Crippen LogP contribution is -2.17. The third-order valence-electron chi connectivity index (χ3n) is 2.37. The van der Waals surface area contributed by atoms with Crippen LogP contribution in [-0.4, -0.2) is 13.1 Å². The number of hydrogen-bond donors (Lipinski definition) is 0. The molecule has 1 aromatic carbocycles. The maximum absolute atomic E-state index is 5.92. The van der Waals surface area contributed by atoms with E-state index < -0.39 is 0 Å². The number of rotatable bonds is 1. The van der Waals surface area contributed by atoms with Gasteiger partial charge in [0.15, 0.2) is 0 Å². The maximum Gasteiger partial charge on any atom is 0.0549 e. The molecule has 1 nitrogen and oxygen atoms in total. The second-order valence-corrected chi connectivity index (χ2v) is 4.55. The van der Waals surface area contributed by atoms with Crippen molar-refractivity contribution in [3.8, 4) is 0 Å². The van der Waals surface area contributed by atoms with E-state index in [1.165, 1.54) is 31.6 Å². The fraction of sp³-hybridized carbons (Fsp3) is 0.400. The quantitative estimate of drug-likeness (QED) is 0.744. The van der Waals surface area contributed by atoms with E-state index in [4.69, 9.17) is 11.6 Å². The van der Waals surface area contributed by atoms with Gasteiger partial charge in [-0.1, -0.05) is 11.6 Å². The smallest absolute Gasteiger partial charge is 0.0549 e. The Morgan fingerprint density at radius 2 is 1.92 bits per heavy atom. The Labute approximate surface area is 91.8 Å². The molecule has 1 aromatic rings. The predicted molar refractivity (Wildman–Crippen MR) is 60.6 cm³/mol. The van der Waals surface area contributed by atoms with E-state index in [-0.39, 0.29) is 0 Å². The van der Waals surface area contributed by atoms with Gasteiger partial charge in [-0.3, -0.25) is 0 Å². The molecule has 0 aliphatic carbocycles. The third kappa shape index (κ3) is 2.00. The van der Waals surface area contributed by atoms with Gasteiger partial charge in [0.05, 0.1) is 5.02 Å². The van der Waals surface area contributed by atoms with Crippen molar-refractivity contribution in [3.05, 3.63) is 27.7 Å². The summed E-state index contributed by atoms with van der Waals surface area (Å²) >= 11 is 9.36. The molecule has 1 saturated heterocycles. The lowest BCUT2D eigenvalue weighted by molar-refractivity contribution is 0.949. The molecule has 0 aromatic heterocycles. The molecule has 1 aliphatic rings. The van der Waals surface area contributed by atoms with E-state index >= 15 is 0 Å². The van der Waals surface area contributed by atoms with Crippen LogP contribution in [0.15, 0.2) is 22.7 Å². The van der Waals surface area contributed by atoms with Crippen LogP contribution in [0.3, 0.4) is 0 Å². The fourth-order valence-corrected chi connectivity index (χ4v) is 2.14. The first-order valence-electron chi connectivity index (χ1n) is 4.47. The molecule has 0 bridgehead atoms. The zero-order valence-corrected chi connectivity index (χ0v) is 9.61. The van der Waals surface area contributed by atoms with Crippen molar-refractivity contribution in [2.24, 2.45) is 0 Å². The fourth-order valence-electron chi connectivity index (χ4n) is 1.66. The van der Waals surface area contributed by atoms with Gasteiger partial charge in [0.2, 0.25) is 0 Å². The Bertz CT molecular complexity index is 308. The van der Waals surface area contributed by atoms with Gasteiger partial charge in [0, 0.05) is 23.2 Å². The second kappa shape index (κ2) is 3.89. The van der Waals surface area contributed by atoms with Crippen molar-refractivity contribution in [3.63, 3.8) is 0 Å². The Balaban J connectivity index is 2.25. The first-order chi connectivity index (χ1) is 6.27. The minimum Gasteiger partial charge on any atom is -0.372 e. The van der Waals surface area contributed by atoms with Crippen molar-refractivity contribution in [1.29, 1.82) is 0 Å². The summed E-state index contributed by atoms with van der Waals surface area (Å²) in [5.41, 5.74) is 1.27. The summed E-state index contributed by atoms with van der Waals surface area (Å²) in [6.45, 7) is 2.35. The van der Waals surface area contributed by atoms with Crippen LogP contribution in [0.1, 0.15) is 12.8 Å². The molecule has 0 atom stereocenters. The molecule has 2 rings (SSSR count). The van der Waals surface area contributed by atoms with Crippen LogP contribution < -0.4 is 4.90 Å². The van der Waals surface area contributed by atoms with E-state index in [0.717, 1.165) is 9.50 Å². The zero-order valence-electron chi connectivity index (χ0n) is 7.26. The molecular formula is C10H11BrClN. The molecule has 1 fully saturated rings. The first kappa shape index (κ1) is 9.35. The van der Waals surface area contributed by atoms with Crippen LogP contribution in [0.2, 0.25) is 5.02 Å². The van der Waals surface area contributed by atoms with Crippen molar-refractivity contribution < 1.29 is 0 Å². The molecule has 3 heteroatoms. The molecule has 70 valence electrons. The Morgan fingerprint density at radius 3 is 2.54 bits per heavy atom. The van der Waals surface area contributed by atoms with Gasteiger partial charge in [-0.15, -0.1) is 0 Å². The molecule has 0 N–H and O–H groups in total. The van der Waals surface area contributed by atoms with Crippen LogP contribution in [0.25, 0.3) is 0 Å². The topological polar surface area (TPSA) is 3.24 Å². The van der Waals surface area contributed by atoms with Crippen LogP contribution >= 0.6 is 27.5 Å². The molecule has 1 aliphatic heterocycles. The Morgan fingerprint density at radius 1 is 1.23 bits per heavy atom. The van der Waals surface area contributed by atoms with E-state index in [1.807, 2.05) is 6.07 Å². The highest BCUT2D eigenvalue weighted by Crippen LogP contribution is 2.29. The SMILES string of the molecule is Clc1ccc(N2CCCC2)cc1Br. The number of halogens is 2. The van der Waals surface area contributed by atoms with Gasteiger partial charge >= 0.3 is 0 Å². The van der Waals surface area contributed by atoms with E-state index in [0.29, 0.717) is 0 Å². The average Bonchev–Trinajstić information content (AvgIpc) is 2.62. The van der Waals surface area contributed by atoms with Gasteiger partial charge in [-0.25, -0.2) is 0 Å². The number of anilines is 1. The lowest BCUT2D eigenvalue weighted by Gasteiger charge is -2.17. The van der Waals surface area contributed by atoms with Gasteiger partial charge < -0.3 is 4.90 Å². The summed E-state index contributed by atoms with van der Waals surface area (Å²) in [6.07, 6.45) is 2.61. The summed E-state index contributed by atoms with van der Waals surface area (Å²) in [4.78, 5) is 2.39. The monoisotopic (exact) mass is 259 g/mol. The minimum atomic E-state index is 0.781. The van der Waals surface area contributed by atoms with E-state index in [1.54, 1.807) is 0 Å². The van der Waals surface area contributed by atoms with E-state index in [9.17, 15) is 0 Å². The lowest BCUT2D eigenvalue weighted by atomic mass is 10.3. The van der Waals surface area contributed by atoms with Gasteiger partial charge in [-0.2, -0.15) is 0 Å². The largest absolute Gasteiger partial charge is 0.372 e. The zero-order chi connectivity index (χ0) is 9.26. The van der Waals surface area contributed by atoms with Crippen LogP contribution in [0.5, 0.6) is 0 Å². The standard InChI is InChI=1S/C10H11BrClN/c11-9-7-8(3-4-10(9)12)13-5-1-2-6-13/h3-4,7H,1-2,5-6H2. The summed E-state index contributed by atoms with van der Waals surface area (Å²) < 4.78 is 0.985. The highest BCUT2D eigenvalue weighted by molar-refractivity contribution is 9.10. The Hall–Kier alpha value is -0.210. The molecule has 0 unspecified atom stereocenters. The number of nitrogens with zero attached hydrogens (tertiary/aromatic N) is 1. The van der Waals surface area contributed by atoms with Crippen molar-refractivity contribution in [1.82, 2.24) is 0 Å². The maximum atomic E-state index is 5.92. The van der Waals surface area contributed by atoms with Crippen molar-refractivity contribution in [2.45, 2.75) is 12.8 Å². The van der Waals surface area contributed by atoms with Gasteiger partial charge in [0.1, 0.15) is 0 Å². The van der Waals surface area contributed by atoms with Crippen LogP contribution in [0.4, 0.5) is 5.69 Å². The highest BCUT2D eigenvalue weighted by Gasteiger charge is 2.12. The number of hydrogen-bond acceptors (Lipinski definition) is 1. The molecule has 1 heterocycles. The Kier molecular flexibility index (Phi) is 2.80. The molecule has 13 heavy (non-hydrogen) atoms. The van der Waals surface area contributed by atoms with Crippen LogP contribution in [0, 0.1) is 0 Å². The number of benzene rings is 1. The molecule has 0 radical (unpaired) electrons.